The van der Waals surface area contributed by atoms with E-state index in [0.717, 1.165) is 13.0 Å². The van der Waals surface area contributed by atoms with Gasteiger partial charge in [0.1, 0.15) is 10.7 Å². The van der Waals surface area contributed by atoms with Crippen LogP contribution in [0.15, 0.2) is 0 Å². The second-order valence-electron chi connectivity index (χ2n) is 4.47. The number of carbonyl (C=O) groups is 2. The Morgan fingerprint density at radius 1 is 1.40 bits per heavy atom. The molecule has 0 bridgehead atoms. The van der Waals surface area contributed by atoms with Crippen molar-refractivity contribution in [1.82, 2.24) is 15.2 Å². The molecule has 2 amide bonds. The predicted octanol–water partition coefficient (Wildman–Crippen LogP) is 0.390. The van der Waals surface area contributed by atoms with E-state index in [-0.39, 0.29) is 24.2 Å². The van der Waals surface area contributed by atoms with Gasteiger partial charge in [0.2, 0.25) is 5.91 Å². The maximum atomic E-state index is 12.2. The number of likely N-dealkylation sites (N-methyl/N-ethyl adjacent to an activating group) is 2. The highest BCUT2D eigenvalue weighted by atomic mass is 32.1. The van der Waals surface area contributed by atoms with Gasteiger partial charge in [-0.1, -0.05) is 18.3 Å². The number of thiazole rings is 1. The second kappa shape index (κ2) is 7.09. The van der Waals surface area contributed by atoms with Gasteiger partial charge < -0.3 is 20.9 Å². The van der Waals surface area contributed by atoms with Crippen molar-refractivity contribution in [3.05, 3.63) is 4.88 Å². The number of aromatic nitrogens is 1. The summed E-state index contributed by atoms with van der Waals surface area (Å²) in [5.74, 6) is -0.311. The predicted molar refractivity (Wildman–Crippen MR) is 81.1 cm³/mol. The first-order valence-corrected chi connectivity index (χ1v) is 7.15. The van der Waals surface area contributed by atoms with Crippen LogP contribution in [-0.4, -0.2) is 55.9 Å². The van der Waals surface area contributed by atoms with Crippen molar-refractivity contribution in [1.29, 1.82) is 0 Å². The van der Waals surface area contributed by atoms with Crippen molar-refractivity contribution in [2.24, 2.45) is 0 Å². The van der Waals surface area contributed by atoms with E-state index in [9.17, 15) is 9.59 Å². The number of carbonyl (C=O) groups excluding carboxylic acids is 2. The quantitative estimate of drug-likeness (QED) is 0.793. The molecule has 0 saturated carbocycles. The average molecular weight is 299 g/mol. The second-order valence-corrected chi connectivity index (χ2v) is 5.44. The van der Waals surface area contributed by atoms with Crippen LogP contribution in [0.3, 0.4) is 0 Å². The molecule has 0 aliphatic heterocycles. The van der Waals surface area contributed by atoms with E-state index in [4.69, 9.17) is 5.73 Å². The minimum absolute atomic E-state index is 0.00714. The number of nitrogens with zero attached hydrogens (tertiary/aromatic N) is 3. The van der Waals surface area contributed by atoms with E-state index in [1.165, 1.54) is 23.3 Å². The molecule has 1 aromatic heterocycles. The standard InChI is InChI=1S/C12H21N5O2S/c1-5-6-16(3)12-15-10(13)9(20-12)11(19)17(4)7-8(18)14-2/h5-7,13H2,1-4H3,(H,14,18). The van der Waals surface area contributed by atoms with Gasteiger partial charge in [-0.25, -0.2) is 4.98 Å². The minimum atomic E-state index is -0.292. The Morgan fingerprint density at radius 2 is 2.05 bits per heavy atom. The summed E-state index contributed by atoms with van der Waals surface area (Å²) in [5.41, 5.74) is 5.80. The van der Waals surface area contributed by atoms with E-state index in [2.05, 4.69) is 17.2 Å². The van der Waals surface area contributed by atoms with E-state index in [1.807, 2.05) is 11.9 Å². The van der Waals surface area contributed by atoms with Gasteiger partial charge >= 0.3 is 0 Å². The molecule has 3 N–H and O–H groups in total. The first-order chi connectivity index (χ1) is 9.40. The van der Waals surface area contributed by atoms with Crippen LogP contribution in [0, 0.1) is 0 Å². The number of hydrogen-bond donors (Lipinski definition) is 2. The summed E-state index contributed by atoms with van der Waals surface area (Å²) in [5, 5.41) is 3.18. The van der Waals surface area contributed by atoms with Gasteiger partial charge in [0.15, 0.2) is 5.13 Å². The smallest absolute Gasteiger partial charge is 0.268 e. The lowest BCUT2D eigenvalue weighted by atomic mass is 10.4. The molecular formula is C12H21N5O2S. The molecule has 0 saturated heterocycles. The van der Waals surface area contributed by atoms with Crippen molar-refractivity contribution >= 4 is 34.1 Å². The van der Waals surface area contributed by atoms with Crippen molar-refractivity contribution in [2.45, 2.75) is 13.3 Å². The van der Waals surface area contributed by atoms with Gasteiger partial charge in [-0.3, -0.25) is 9.59 Å². The SMILES string of the molecule is CCCN(C)c1nc(N)c(C(=O)N(C)CC(=O)NC)s1. The zero-order chi connectivity index (χ0) is 15.3. The zero-order valence-electron chi connectivity index (χ0n) is 12.3. The maximum absolute atomic E-state index is 12.2. The maximum Gasteiger partial charge on any atom is 0.268 e. The molecule has 0 spiro atoms. The molecule has 0 aliphatic rings. The van der Waals surface area contributed by atoms with Gasteiger partial charge in [0.25, 0.3) is 5.91 Å². The monoisotopic (exact) mass is 299 g/mol. The number of anilines is 2. The topological polar surface area (TPSA) is 91.6 Å². The molecule has 1 heterocycles. The highest BCUT2D eigenvalue weighted by molar-refractivity contribution is 7.18. The fraction of sp³-hybridized carbons (Fsp3) is 0.583. The van der Waals surface area contributed by atoms with Crippen molar-refractivity contribution < 1.29 is 9.59 Å². The summed E-state index contributed by atoms with van der Waals surface area (Å²) in [7, 11) is 5.00. The van der Waals surface area contributed by atoms with Crippen LogP contribution in [0.4, 0.5) is 10.9 Å². The third-order valence-corrected chi connectivity index (χ3v) is 3.90. The molecule has 20 heavy (non-hydrogen) atoms. The summed E-state index contributed by atoms with van der Waals surface area (Å²) < 4.78 is 0. The van der Waals surface area contributed by atoms with Gasteiger partial charge in [-0.05, 0) is 6.42 Å². The van der Waals surface area contributed by atoms with E-state index < -0.39 is 0 Å². The van der Waals surface area contributed by atoms with Gasteiger partial charge in [0, 0.05) is 27.7 Å². The molecule has 0 unspecified atom stereocenters. The summed E-state index contributed by atoms with van der Waals surface area (Å²) >= 11 is 1.25. The molecule has 0 aliphatic carbocycles. The molecular weight excluding hydrogens is 278 g/mol. The van der Waals surface area contributed by atoms with E-state index >= 15 is 0 Å². The van der Waals surface area contributed by atoms with Crippen LogP contribution in [0.2, 0.25) is 0 Å². The Hall–Kier alpha value is -1.83. The molecule has 0 aromatic carbocycles. The molecule has 0 radical (unpaired) electrons. The van der Waals surface area contributed by atoms with Crippen LogP contribution in [0.25, 0.3) is 0 Å². The normalized spacial score (nSPS) is 10.2. The van der Waals surface area contributed by atoms with E-state index in [0.29, 0.717) is 10.0 Å². The molecule has 1 rings (SSSR count). The number of nitrogens with two attached hydrogens (primary N) is 1. The minimum Gasteiger partial charge on any atom is -0.382 e. The number of nitrogens with one attached hydrogen (secondary N) is 1. The zero-order valence-corrected chi connectivity index (χ0v) is 13.1. The van der Waals surface area contributed by atoms with E-state index in [1.54, 1.807) is 7.05 Å². The molecule has 7 nitrogen and oxygen atoms in total. The van der Waals surface area contributed by atoms with Crippen LogP contribution in [0.1, 0.15) is 23.0 Å². The fourth-order valence-electron chi connectivity index (χ4n) is 1.61. The Morgan fingerprint density at radius 3 is 2.60 bits per heavy atom. The highest BCUT2D eigenvalue weighted by Crippen LogP contribution is 2.28. The molecule has 1 aromatic rings. The molecule has 0 fully saturated rings. The largest absolute Gasteiger partial charge is 0.382 e. The fourth-order valence-corrected chi connectivity index (χ4v) is 2.57. The highest BCUT2D eigenvalue weighted by Gasteiger charge is 2.22. The van der Waals surface area contributed by atoms with Crippen molar-refractivity contribution in [3.8, 4) is 0 Å². The number of nitrogen functional groups attached to an aromatic ring is 1. The van der Waals surface area contributed by atoms with Gasteiger partial charge in [-0.2, -0.15) is 0 Å². The Balaban J connectivity index is 2.85. The average Bonchev–Trinajstić information content (AvgIpc) is 2.80. The van der Waals surface area contributed by atoms with Crippen LogP contribution < -0.4 is 16.0 Å². The first kappa shape index (κ1) is 16.2. The Kier molecular flexibility index (Phi) is 5.75. The Bertz CT molecular complexity index is 488. The Labute approximate surface area is 122 Å². The number of rotatable bonds is 6. The molecule has 0 atom stereocenters. The first-order valence-electron chi connectivity index (χ1n) is 6.34. The van der Waals surface area contributed by atoms with Crippen LogP contribution in [-0.2, 0) is 4.79 Å². The van der Waals surface area contributed by atoms with Crippen molar-refractivity contribution in [3.63, 3.8) is 0 Å². The summed E-state index contributed by atoms with van der Waals surface area (Å²) in [6.45, 7) is 2.90. The molecule has 112 valence electrons. The van der Waals surface area contributed by atoms with Crippen LogP contribution >= 0.6 is 11.3 Å². The van der Waals surface area contributed by atoms with Gasteiger partial charge in [0.05, 0.1) is 6.54 Å². The number of hydrogen-bond acceptors (Lipinski definition) is 6. The van der Waals surface area contributed by atoms with Gasteiger partial charge in [-0.15, -0.1) is 0 Å². The number of amides is 2. The summed E-state index contributed by atoms with van der Waals surface area (Å²) in [4.78, 5) is 31.4. The third-order valence-electron chi connectivity index (χ3n) is 2.73. The lowest BCUT2D eigenvalue weighted by Gasteiger charge is -2.15. The summed E-state index contributed by atoms with van der Waals surface area (Å²) in [6.07, 6.45) is 0.982. The third kappa shape index (κ3) is 3.83. The summed E-state index contributed by atoms with van der Waals surface area (Å²) in [6, 6.07) is 0. The lowest BCUT2D eigenvalue weighted by molar-refractivity contribution is -0.121. The lowest BCUT2D eigenvalue weighted by Crippen LogP contribution is -2.36. The molecule has 8 heteroatoms. The van der Waals surface area contributed by atoms with Crippen molar-refractivity contribution in [2.75, 3.05) is 44.9 Å². The van der Waals surface area contributed by atoms with Crippen LogP contribution in [0.5, 0.6) is 0 Å².